The van der Waals surface area contributed by atoms with Crippen molar-refractivity contribution in [2.75, 3.05) is 17.2 Å². The Morgan fingerprint density at radius 1 is 1.41 bits per heavy atom. The number of hydrogen-bond donors (Lipinski definition) is 2. The molecule has 1 heterocycles. The third-order valence-corrected chi connectivity index (χ3v) is 3.23. The van der Waals surface area contributed by atoms with Crippen LogP contribution < -0.4 is 10.6 Å². The van der Waals surface area contributed by atoms with Crippen molar-refractivity contribution in [1.29, 1.82) is 0 Å². The first kappa shape index (κ1) is 11.8. The topological polar surface area (TPSA) is 57.9 Å². The Morgan fingerprint density at radius 3 is 2.82 bits per heavy atom. The predicted octanol–water partition coefficient (Wildman–Crippen LogP) is 2.77. The van der Waals surface area contributed by atoms with E-state index in [1.54, 1.807) is 0 Å². The number of nitrogens with two attached hydrogens (primary N) is 1. The van der Waals surface area contributed by atoms with Gasteiger partial charge in [0.05, 0.1) is 11.0 Å². The summed E-state index contributed by atoms with van der Waals surface area (Å²) in [6.45, 7) is 7.50. The number of fused-ring (bicyclic) bond motifs is 1. The Hall–Kier alpha value is -1.71. The molecule has 0 saturated carbocycles. The number of hydrogen-bond acceptors (Lipinski definition) is 3. The molecule has 2 rings (SSSR count). The van der Waals surface area contributed by atoms with Crippen LogP contribution in [0.15, 0.2) is 18.2 Å². The Bertz CT molecular complexity index is 503. The minimum absolute atomic E-state index is 0.484. The number of nitrogens with one attached hydrogen (secondary N) is 1. The number of aromatic amines is 1. The standard InChI is InChI=1S/C13H20N4/c1-4-9(3)17(5-2)13-15-11-7-6-10(14)8-12(11)16-13/h6-9H,4-5,14H2,1-3H3,(H,15,16). The van der Waals surface area contributed by atoms with Gasteiger partial charge in [-0.1, -0.05) is 6.92 Å². The van der Waals surface area contributed by atoms with Gasteiger partial charge < -0.3 is 15.6 Å². The average molecular weight is 232 g/mol. The van der Waals surface area contributed by atoms with Gasteiger partial charge in [-0.3, -0.25) is 0 Å². The molecule has 1 aromatic carbocycles. The van der Waals surface area contributed by atoms with Crippen LogP contribution in [0.3, 0.4) is 0 Å². The summed E-state index contributed by atoms with van der Waals surface area (Å²) in [5.41, 5.74) is 8.50. The zero-order valence-corrected chi connectivity index (χ0v) is 10.7. The summed E-state index contributed by atoms with van der Waals surface area (Å²) in [6.07, 6.45) is 1.10. The van der Waals surface area contributed by atoms with Crippen LogP contribution in [0.4, 0.5) is 11.6 Å². The molecular weight excluding hydrogens is 212 g/mol. The van der Waals surface area contributed by atoms with Crippen LogP contribution in [0.1, 0.15) is 27.2 Å². The Balaban J connectivity index is 2.41. The van der Waals surface area contributed by atoms with Gasteiger partial charge in [-0.25, -0.2) is 4.98 Å². The molecule has 1 aromatic heterocycles. The summed E-state index contributed by atoms with van der Waals surface area (Å²) >= 11 is 0. The maximum absolute atomic E-state index is 5.77. The SMILES string of the molecule is CCC(C)N(CC)c1nc2ccc(N)cc2[nH]1. The number of benzene rings is 1. The highest BCUT2D eigenvalue weighted by molar-refractivity contribution is 5.80. The molecule has 17 heavy (non-hydrogen) atoms. The van der Waals surface area contributed by atoms with Crippen molar-refractivity contribution >= 4 is 22.7 Å². The van der Waals surface area contributed by atoms with Crippen molar-refractivity contribution in [2.24, 2.45) is 0 Å². The van der Waals surface area contributed by atoms with Gasteiger partial charge in [-0.2, -0.15) is 0 Å². The van der Waals surface area contributed by atoms with E-state index >= 15 is 0 Å². The number of nitrogens with zero attached hydrogens (tertiary/aromatic N) is 2. The highest BCUT2D eigenvalue weighted by Gasteiger charge is 2.14. The minimum Gasteiger partial charge on any atom is -0.399 e. The van der Waals surface area contributed by atoms with E-state index in [9.17, 15) is 0 Å². The summed E-state index contributed by atoms with van der Waals surface area (Å²) in [5, 5.41) is 0. The van der Waals surface area contributed by atoms with Crippen molar-refractivity contribution in [3.05, 3.63) is 18.2 Å². The van der Waals surface area contributed by atoms with E-state index in [0.29, 0.717) is 6.04 Å². The quantitative estimate of drug-likeness (QED) is 0.797. The molecule has 0 saturated heterocycles. The normalized spacial score (nSPS) is 12.9. The second kappa shape index (κ2) is 4.65. The van der Waals surface area contributed by atoms with E-state index in [1.807, 2.05) is 18.2 Å². The molecule has 0 bridgehead atoms. The largest absolute Gasteiger partial charge is 0.399 e. The minimum atomic E-state index is 0.484. The van der Waals surface area contributed by atoms with Crippen LogP contribution >= 0.6 is 0 Å². The monoisotopic (exact) mass is 232 g/mol. The molecule has 1 atom stereocenters. The fraction of sp³-hybridized carbons (Fsp3) is 0.462. The van der Waals surface area contributed by atoms with E-state index < -0.39 is 0 Å². The molecule has 0 radical (unpaired) electrons. The van der Waals surface area contributed by atoms with Gasteiger partial charge in [-0.15, -0.1) is 0 Å². The first-order valence-electron chi connectivity index (χ1n) is 6.17. The van der Waals surface area contributed by atoms with Crippen LogP contribution in [-0.4, -0.2) is 22.6 Å². The molecular formula is C13H20N4. The molecule has 1 unspecified atom stereocenters. The zero-order chi connectivity index (χ0) is 12.4. The second-order valence-corrected chi connectivity index (χ2v) is 4.38. The molecule has 0 fully saturated rings. The van der Waals surface area contributed by atoms with Crippen LogP contribution in [0, 0.1) is 0 Å². The molecule has 0 aliphatic rings. The highest BCUT2D eigenvalue weighted by atomic mass is 15.3. The molecule has 4 nitrogen and oxygen atoms in total. The summed E-state index contributed by atoms with van der Waals surface area (Å²) in [5.74, 6) is 0.933. The van der Waals surface area contributed by atoms with Crippen LogP contribution in [-0.2, 0) is 0 Å². The van der Waals surface area contributed by atoms with E-state index in [4.69, 9.17) is 5.73 Å². The van der Waals surface area contributed by atoms with Crippen molar-refractivity contribution < 1.29 is 0 Å². The van der Waals surface area contributed by atoms with Crippen molar-refractivity contribution in [2.45, 2.75) is 33.2 Å². The summed E-state index contributed by atoms with van der Waals surface area (Å²) < 4.78 is 0. The lowest BCUT2D eigenvalue weighted by Crippen LogP contribution is -2.33. The van der Waals surface area contributed by atoms with Gasteiger partial charge in [-0.05, 0) is 38.5 Å². The first-order chi connectivity index (χ1) is 8.15. The smallest absolute Gasteiger partial charge is 0.204 e. The first-order valence-corrected chi connectivity index (χ1v) is 6.17. The van der Waals surface area contributed by atoms with Gasteiger partial charge >= 0.3 is 0 Å². The van der Waals surface area contributed by atoms with Crippen LogP contribution in [0.5, 0.6) is 0 Å². The lowest BCUT2D eigenvalue weighted by Gasteiger charge is -2.26. The maximum atomic E-state index is 5.77. The van der Waals surface area contributed by atoms with Crippen molar-refractivity contribution in [3.8, 4) is 0 Å². The van der Waals surface area contributed by atoms with Crippen LogP contribution in [0.25, 0.3) is 11.0 Å². The third kappa shape index (κ3) is 2.20. The fourth-order valence-electron chi connectivity index (χ4n) is 2.04. The number of anilines is 2. The molecule has 0 spiro atoms. The van der Waals surface area contributed by atoms with Gasteiger partial charge in [0.1, 0.15) is 0 Å². The van der Waals surface area contributed by atoms with Gasteiger partial charge in [0, 0.05) is 18.3 Å². The Kier molecular flexibility index (Phi) is 3.22. The molecule has 0 aliphatic carbocycles. The molecule has 92 valence electrons. The molecule has 2 aromatic rings. The number of nitrogen functional groups attached to an aromatic ring is 1. The summed E-state index contributed by atoms with van der Waals surface area (Å²) in [4.78, 5) is 10.2. The number of aromatic nitrogens is 2. The van der Waals surface area contributed by atoms with E-state index in [-0.39, 0.29) is 0 Å². The highest BCUT2D eigenvalue weighted by Crippen LogP contribution is 2.21. The lowest BCUT2D eigenvalue weighted by molar-refractivity contribution is 0.618. The van der Waals surface area contributed by atoms with Gasteiger partial charge in [0.25, 0.3) is 0 Å². The number of H-pyrrole nitrogens is 1. The second-order valence-electron chi connectivity index (χ2n) is 4.38. The van der Waals surface area contributed by atoms with Crippen molar-refractivity contribution in [3.63, 3.8) is 0 Å². The van der Waals surface area contributed by atoms with Crippen molar-refractivity contribution in [1.82, 2.24) is 9.97 Å². The zero-order valence-electron chi connectivity index (χ0n) is 10.7. The molecule has 0 aliphatic heterocycles. The average Bonchev–Trinajstić information content (AvgIpc) is 2.72. The fourth-order valence-corrected chi connectivity index (χ4v) is 2.04. The Labute approximate surface area is 102 Å². The predicted molar refractivity (Wildman–Crippen MR) is 73.3 cm³/mol. The van der Waals surface area contributed by atoms with Gasteiger partial charge in [0.15, 0.2) is 0 Å². The summed E-state index contributed by atoms with van der Waals surface area (Å²) in [6, 6.07) is 6.25. The molecule has 3 N–H and O–H groups in total. The van der Waals surface area contributed by atoms with E-state index in [1.165, 1.54) is 0 Å². The third-order valence-electron chi connectivity index (χ3n) is 3.23. The van der Waals surface area contributed by atoms with Gasteiger partial charge in [0.2, 0.25) is 5.95 Å². The van der Waals surface area contributed by atoms with Crippen LogP contribution in [0.2, 0.25) is 0 Å². The van der Waals surface area contributed by atoms with E-state index in [0.717, 1.165) is 35.6 Å². The maximum Gasteiger partial charge on any atom is 0.204 e. The number of imidazole rings is 1. The Morgan fingerprint density at radius 2 is 2.18 bits per heavy atom. The number of rotatable bonds is 4. The summed E-state index contributed by atoms with van der Waals surface area (Å²) in [7, 11) is 0. The van der Waals surface area contributed by atoms with E-state index in [2.05, 4.69) is 35.6 Å². The lowest BCUT2D eigenvalue weighted by atomic mass is 10.2. The molecule has 0 amide bonds. The molecule has 4 heteroatoms.